The molecule has 2 aromatic carbocycles. The lowest BCUT2D eigenvalue weighted by Crippen LogP contribution is -2.32. The summed E-state index contributed by atoms with van der Waals surface area (Å²) in [5.41, 5.74) is 2.94. The molecule has 0 aromatic heterocycles. The summed E-state index contributed by atoms with van der Waals surface area (Å²) < 4.78 is 10.2. The molecule has 0 saturated heterocycles. The van der Waals surface area contributed by atoms with Gasteiger partial charge in [0, 0.05) is 16.7 Å². The average molecular weight is 396 g/mol. The van der Waals surface area contributed by atoms with Gasteiger partial charge in [0.1, 0.15) is 11.5 Å². The molecular weight excluding hydrogens is 381 g/mol. The molecule has 0 radical (unpaired) electrons. The number of halogens is 2. The molecule has 9 heteroatoms. The number of nitrogens with zero attached hydrogens (tertiary/aromatic N) is 1. The molecule has 0 spiro atoms. The second-order valence-electron chi connectivity index (χ2n) is 4.89. The number of ether oxygens (including phenoxy) is 2. The third-order valence-corrected chi connectivity index (χ3v) is 3.76. The summed E-state index contributed by atoms with van der Waals surface area (Å²) in [6, 6.07) is 9.58. The summed E-state index contributed by atoms with van der Waals surface area (Å²) in [5.74, 6) is -1.01. The van der Waals surface area contributed by atoms with Gasteiger partial charge >= 0.3 is 11.8 Å². The molecule has 26 heavy (non-hydrogen) atoms. The predicted molar refractivity (Wildman–Crippen MR) is 100 cm³/mol. The molecule has 0 bridgehead atoms. The molecule has 0 saturated carbocycles. The van der Waals surface area contributed by atoms with Crippen LogP contribution in [0.25, 0.3) is 0 Å². The molecule has 2 N–H and O–H groups in total. The van der Waals surface area contributed by atoms with Gasteiger partial charge in [-0.15, -0.1) is 0 Å². The minimum atomic E-state index is -0.962. The van der Waals surface area contributed by atoms with Gasteiger partial charge in [0.15, 0.2) is 0 Å². The highest BCUT2D eigenvalue weighted by atomic mass is 35.5. The first kappa shape index (κ1) is 19.6. The van der Waals surface area contributed by atoms with E-state index in [1.165, 1.54) is 32.6 Å². The van der Waals surface area contributed by atoms with Crippen molar-refractivity contribution in [2.24, 2.45) is 5.10 Å². The smallest absolute Gasteiger partial charge is 0.329 e. The Hall–Kier alpha value is -2.77. The van der Waals surface area contributed by atoms with Crippen molar-refractivity contribution in [2.75, 3.05) is 19.5 Å². The molecule has 136 valence electrons. The number of amides is 2. The molecule has 2 rings (SSSR count). The highest BCUT2D eigenvalue weighted by Crippen LogP contribution is 2.28. The van der Waals surface area contributed by atoms with E-state index in [0.717, 1.165) is 0 Å². The summed E-state index contributed by atoms with van der Waals surface area (Å²) in [4.78, 5) is 23.9. The second-order valence-corrected chi connectivity index (χ2v) is 5.73. The normalized spacial score (nSPS) is 10.5. The minimum Gasteiger partial charge on any atom is -0.497 e. The standard InChI is InChI=1S/C17H15Cl2N3O4/c1-25-12-5-6-15(26-2)14(8-12)21-16(23)17(24)22-20-9-10-3-4-11(18)7-13(10)19/h3-9H,1-2H3,(H,21,23)(H,22,24)/b20-9-. The maximum atomic E-state index is 12.0. The number of hydrogen-bond donors (Lipinski definition) is 2. The number of benzene rings is 2. The van der Waals surface area contributed by atoms with Crippen LogP contribution in [-0.4, -0.2) is 32.2 Å². The Kier molecular flexibility index (Phi) is 6.82. The number of methoxy groups -OCH3 is 2. The molecule has 2 amide bonds. The van der Waals surface area contributed by atoms with Crippen molar-refractivity contribution < 1.29 is 19.1 Å². The van der Waals surface area contributed by atoms with E-state index in [1.54, 1.807) is 24.3 Å². The summed E-state index contributed by atoms with van der Waals surface area (Å²) in [6.07, 6.45) is 1.30. The van der Waals surface area contributed by atoms with Crippen molar-refractivity contribution in [3.63, 3.8) is 0 Å². The fourth-order valence-electron chi connectivity index (χ4n) is 1.91. The van der Waals surface area contributed by atoms with Crippen LogP contribution >= 0.6 is 23.2 Å². The first-order valence-electron chi connectivity index (χ1n) is 7.26. The fraction of sp³-hybridized carbons (Fsp3) is 0.118. The molecule has 0 unspecified atom stereocenters. The summed E-state index contributed by atoms with van der Waals surface area (Å²) in [6.45, 7) is 0. The van der Waals surface area contributed by atoms with Gasteiger partial charge in [0.2, 0.25) is 0 Å². The lowest BCUT2D eigenvalue weighted by molar-refractivity contribution is -0.136. The van der Waals surface area contributed by atoms with E-state index in [-0.39, 0.29) is 5.69 Å². The highest BCUT2D eigenvalue weighted by Gasteiger charge is 2.16. The van der Waals surface area contributed by atoms with Gasteiger partial charge in [-0.3, -0.25) is 9.59 Å². The second kappa shape index (κ2) is 9.07. The van der Waals surface area contributed by atoms with Gasteiger partial charge in [-0.05, 0) is 24.3 Å². The molecule has 0 atom stereocenters. The van der Waals surface area contributed by atoms with E-state index in [2.05, 4.69) is 15.8 Å². The van der Waals surface area contributed by atoms with E-state index in [4.69, 9.17) is 32.7 Å². The van der Waals surface area contributed by atoms with Crippen LogP contribution < -0.4 is 20.2 Å². The number of anilines is 1. The van der Waals surface area contributed by atoms with Gasteiger partial charge in [-0.1, -0.05) is 29.3 Å². The molecule has 0 aliphatic carbocycles. The Morgan fingerprint density at radius 1 is 1.04 bits per heavy atom. The van der Waals surface area contributed by atoms with E-state index in [9.17, 15) is 9.59 Å². The number of hydrazone groups is 1. The first-order valence-corrected chi connectivity index (χ1v) is 8.01. The third kappa shape index (κ3) is 5.11. The summed E-state index contributed by atoms with van der Waals surface area (Å²) in [5, 5.41) is 6.97. The van der Waals surface area contributed by atoms with Crippen molar-refractivity contribution in [1.82, 2.24) is 5.43 Å². The molecule has 0 aliphatic rings. The maximum absolute atomic E-state index is 12.0. The van der Waals surface area contributed by atoms with E-state index in [1.807, 2.05) is 0 Å². The Balaban J connectivity index is 2.02. The number of carbonyl (C=O) groups excluding carboxylic acids is 2. The van der Waals surface area contributed by atoms with Crippen molar-refractivity contribution in [1.29, 1.82) is 0 Å². The monoisotopic (exact) mass is 395 g/mol. The first-order chi connectivity index (χ1) is 12.4. The molecule has 0 aliphatic heterocycles. The fourth-order valence-corrected chi connectivity index (χ4v) is 2.37. The van der Waals surface area contributed by atoms with Gasteiger partial charge in [-0.25, -0.2) is 5.43 Å². The Labute approximate surface area is 159 Å². The maximum Gasteiger partial charge on any atom is 0.329 e. The number of nitrogens with one attached hydrogen (secondary N) is 2. The Bertz CT molecular complexity index is 856. The predicted octanol–water partition coefficient (Wildman–Crippen LogP) is 3.10. The third-order valence-electron chi connectivity index (χ3n) is 3.19. The van der Waals surface area contributed by atoms with Crippen LogP contribution in [0.3, 0.4) is 0 Å². The Morgan fingerprint density at radius 2 is 1.81 bits per heavy atom. The van der Waals surface area contributed by atoms with Crippen molar-refractivity contribution in [3.05, 3.63) is 52.0 Å². The summed E-state index contributed by atoms with van der Waals surface area (Å²) >= 11 is 11.8. The van der Waals surface area contributed by atoms with Crippen LogP contribution in [0, 0.1) is 0 Å². The van der Waals surface area contributed by atoms with E-state index in [0.29, 0.717) is 27.1 Å². The zero-order valence-corrected chi connectivity index (χ0v) is 15.4. The summed E-state index contributed by atoms with van der Waals surface area (Å²) in [7, 11) is 2.93. The van der Waals surface area contributed by atoms with Crippen LogP contribution in [0.15, 0.2) is 41.5 Å². The lowest BCUT2D eigenvalue weighted by atomic mass is 10.2. The quantitative estimate of drug-likeness (QED) is 0.462. The average Bonchev–Trinajstić information content (AvgIpc) is 2.63. The minimum absolute atomic E-state index is 0.289. The van der Waals surface area contributed by atoms with Crippen LogP contribution in [-0.2, 0) is 9.59 Å². The van der Waals surface area contributed by atoms with Crippen molar-refractivity contribution in [2.45, 2.75) is 0 Å². The molecule has 7 nitrogen and oxygen atoms in total. The number of carbonyl (C=O) groups is 2. The largest absolute Gasteiger partial charge is 0.497 e. The Morgan fingerprint density at radius 3 is 2.46 bits per heavy atom. The van der Waals surface area contributed by atoms with Gasteiger partial charge < -0.3 is 14.8 Å². The number of hydrogen-bond acceptors (Lipinski definition) is 5. The van der Waals surface area contributed by atoms with Crippen LogP contribution in [0.4, 0.5) is 5.69 Å². The molecular formula is C17H15Cl2N3O4. The van der Waals surface area contributed by atoms with Crippen LogP contribution in [0.5, 0.6) is 11.5 Å². The zero-order valence-electron chi connectivity index (χ0n) is 13.9. The van der Waals surface area contributed by atoms with E-state index >= 15 is 0 Å². The SMILES string of the molecule is COc1ccc(OC)c(NC(=O)C(=O)N/N=C\c2ccc(Cl)cc2Cl)c1. The van der Waals surface area contributed by atoms with Gasteiger partial charge in [-0.2, -0.15) is 5.10 Å². The van der Waals surface area contributed by atoms with Crippen molar-refractivity contribution in [3.8, 4) is 11.5 Å². The lowest BCUT2D eigenvalue weighted by Gasteiger charge is -2.11. The number of rotatable bonds is 5. The molecule has 2 aromatic rings. The topological polar surface area (TPSA) is 89.0 Å². The van der Waals surface area contributed by atoms with Crippen molar-refractivity contribution >= 4 is 46.9 Å². The van der Waals surface area contributed by atoms with Crippen LogP contribution in [0.1, 0.15) is 5.56 Å². The van der Waals surface area contributed by atoms with Gasteiger partial charge in [0.25, 0.3) is 0 Å². The van der Waals surface area contributed by atoms with Gasteiger partial charge in [0.05, 0.1) is 31.1 Å². The van der Waals surface area contributed by atoms with E-state index < -0.39 is 11.8 Å². The highest BCUT2D eigenvalue weighted by molar-refractivity contribution is 6.40. The van der Waals surface area contributed by atoms with Crippen LogP contribution in [0.2, 0.25) is 10.0 Å². The molecule has 0 heterocycles. The zero-order chi connectivity index (χ0) is 19.1. The molecule has 0 fully saturated rings.